The monoisotopic (exact) mass is 435 g/mol. The molecule has 2 heterocycles. The second-order valence-electron chi connectivity index (χ2n) is 6.96. The Labute approximate surface area is 184 Å². The molecule has 1 fully saturated rings. The first-order valence-electron chi connectivity index (χ1n) is 9.28. The molecule has 7 heteroatoms. The zero-order valence-corrected chi connectivity index (χ0v) is 17.9. The van der Waals surface area contributed by atoms with E-state index in [4.69, 9.17) is 23.8 Å². The zero-order chi connectivity index (χ0) is 21.4. The molecule has 1 saturated heterocycles. The number of benzene rings is 2. The van der Waals surface area contributed by atoms with Gasteiger partial charge in [0.2, 0.25) is 0 Å². The lowest BCUT2D eigenvalue weighted by molar-refractivity contribution is -0.122. The summed E-state index contributed by atoms with van der Waals surface area (Å²) in [7, 11) is 0. The van der Waals surface area contributed by atoms with Crippen molar-refractivity contribution in [1.82, 2.24) is 9.88 Å². The molecule has 3 aromatic rings. The van der Waals surface area contributed by atoms with Crippen LogP contribution in [0.2, 0.25) is 5.02 Å². The minimum atomic E-state index is -0.518. The molecule has 1 aliphatic heterocycles. The largest absolute Gasteiger partial charge is 0.317 e. The number of nitrogens with one attached hydrogen (secondary N) is 1. The molecule has 0 saturated carbocycles. The summed E-state index contributed by atoms with van der Waals surface area (Å²) in [5.41, 5.74) is 4.17. The van der Waals surface area contributed by atoms with Gasteiger partial charge < -0.3 is 4.57 Å². The van der Waals surface area contributed by atoms with Gasteiger partial charge in [0.15, 0.2) is 5.11 Å². The summed E-state index contributed by atoms with van der Waals surface area (Å²) in [4.78, 5) is 27.3. The van der Waals surface area contributed by atoms with Gasteiger partial charge in [0, 0.05) is 22.6 Å². The van der Waals surface area contributed by atoms with Crippen LogP contribution in [-0.4, -0.2) is 21.5 Å². The molecule has 30 heavy (non-hydrogen) atoms. The minimum Gasteiger partial charge on any atom is -0.317 e. The Morgan fingerprint density at radius 2 is 1.73 bits per heavy atom. The predicted molar refractivity (Wildman–Crippen MR) is 123 cm³/mol. The SMILES string of the molecule is Cc1cccc(N2C(=O)/C(=C\c3cccn3-c3ccc(Cl)cc3)C(=O)NC2=S)c1C. The van der Waals surface area contributed by atoms with E-state index in [9.17, 15) is 9.59 Å². The van der Waals surface area contributed by atoms with E-state index in [0.29, 0.717) is 16.4 Å². The lowest BCUT2D eigenvalue weighted by Gasteiger charge is -2.30. The molecular formula is C23H18ClN3O2S. The Kier molecular flexibility index (Phi) is 5.28. The maximum absolute atomic E-state index is 13.3. The number of amides is 2. The van der Waals surface area contributed by atoms with E-state index in [-0.39, 0.29) is 10.7 Å². The van der Waals surface area contributed by atoms with E-state index in [1.807, 2.05) is 67.1 Å². The normalized spacial score (nSPS) is 15.6. The average molecular weight is 436 g/mol. The second-order valence-corrected chi connectivity index (χ2v) is 7.78. The molecule has 0 aliphatic carbocycles. The van der Waals surface area contributed by atoms with Crippen molar-refractivity contribution in [1.29, 1.82) is 0 Å². The molecule has 2 aromatic carbocycles. The maximum Gasteiger partial charge on any atom is 0.270 e. The van der Waals surface area contributed by atoms with Crippen molar-refractivity contribution in [3.63, 3.8) is 0 Å². The molecule has 1 N–H and O–H groups in total. The number of hydrogen-bond acceptors (Lipinski definition) is 3. The summed E-state index contributed by atoms with van der Waals surface area (Å²) in [5.74, 6) is -0.975. The third kappa shape index (κ3) is 3.56. The van der Waals surface area contributed by atoms with Crippen molar-refractivity contribution in [2.24, 2.45) is 0 Å². The highest BCUT2D eigenvalue weighted by Crippen LogP contribution is 2.27. The van der Waals surface area contributed by atoms with E-state index >= 15 is 0 Å². The van der Waals surface area contributed by atoms with E-state index < -0.39 is 11.8 Å². The number of carbonyl (C=O) groups is 2. The van der Waals surface area contributed by atoms with Crippen LogP contribution in [0.5, 0.6) is 0 Å². The number of thiocarbonyl (C=S) groups is 1. The Morgan fingerprint density at radius 1 is 1.00 bits per heavy atom. The van der Waals surface area contributed by atoms with E-state index in [1.54, 1.807) is 18.2 Å². The number of rotatable bonds is 3. The first-order chi connectivity index (χ1) is 14.4. The minimum absolute atomic E-state index is 0.0124. The summed E-state index contributed by atoms with van der Waals surface area (Å²) in [6.45, 7) is 3.89. The van der Waals surface area contributed by atoms with E-state index in [2.05, 4.69) is 5.32 Å². The number of anilines is 1. The standard InChI is InChI=1S/C23H18ClN3O2S/c1-14-5-3-7-20(15(14)2)27-22(29)19(21(28)25-23(27)30)13-18-6-4-12-26(18)17-10-8-16(24)9-11-17/h3-13H,1-2H3,(H,25,28,30)/b19-13-. The summed E-state index contributed by atoms with van der Waals surface area (Å²) < 4.78 is 1.87. The Bertz CT molecular complexity index is 1210. The summed E-state index contributed by atoms with van der Waals surface area (Å²) >= 11 is 11.3. The van der Waals surface area contributed by atoms with Gasteiger partial charge in [-0.3, -0.25) is 19.8 Å². The summed E-state index contributed by atoms with van der Waals surface area (Å²) in [6.07, 6.45) is 3.43. The van der Waals surface area contributed by atoms with Crippen LogP contribution in [0.1, 0.15) is 16.8 Å². The van der Waals surface area contributed by atoms with Crippen molar-refractivity contribution in [2.45, 2.75) is 13.8 Å². The van der Waals surface area contributed by atoms with Crippen LogP contribution in [0, 0.1) is 13.8 Å². The van der Waals surface area contributed by atoms with Gasteiger partial charge in [-0.05, 0) is 85.7 Å². The van der Waals surface area contributed by atoms with Crippen molar-refractivity contribution in [2.75, 3.05) is 4.90 Å². The molecule has 0 unspecified atom stereocenters. The Morgan fingerprint density at radius 3 is 2.47 bits per heavy atom. The smallest absolute Gasteiger partial charge is 0.270 e. The zero-order valence-electron chi connectivity index (χ0n) is 16.3. The van der Waals surface area contributed by atoms with Crippen molar-refractivity contribution >= 4 is 52.5 Å². The Balaban J connectivity index is 1.77. The van der Waals surface area contributed by atoms with E-state index in [0.717, 1.165) is 16.8 Å². The number of halogens is 1. The molecule has 0 atom stereocenters. The number of nitrogens with zero attached hydrogens (tertiary/aromatic N) is 2. The third-order valence-corrected chi connectivity index (χ3v) is 5.63. The molecule has 1 aliphatic rings. The molecule has 2 amide bonds. The number of carbonyl (C=O) groups excluding carboxylic acids is 2. The van der Waals surface area contributed by atoms with Crippen LogP contribution in [0.25, 0.3) is 11.8 Å². The number of aromatic nitrogens is 1. The molecule has 4 rings (SSSR count). The summed E-state index contributed by atoms with van der Waals surface area (Å²) in [5, 5.41) is 3.34. The maximum atomic E-state index is 13.3. The lowest BCUT2D eigenvalue weighted by atomic mass is 10.0. The topological polar surface area (TPSA) is 54.3 Å². The Hall–Kier alpha value is -3.22. The van der Waals surface area contributed by atoms with Gasteiger partial charge in [0.05, 0.1) is 5.69 Å². The van der Waals surface area contributed by atoms with Crippen molar-refractivity contribution in [3.05, 3.63) is 88.2 Å². The number of aryl methyl sites for hydroxylation is 1. The highest BCUT2D eigenvalue weighted by molar-refractivity contribution is 7.80. The highest BCUT2D eigenvalue weighted by atomic mass is 35.5. The predicted octanol–water partition coefficient (Wildman–Crippen LogP) is 4.58. The van der Waals surface area contributed by atoms with Crippen LogP contribution >= 0.6 is 23.8 Å². The average Bonchev–Trinajstić information content (AvgIpc) is 3.17. The van der Waals surface area contributed by atoms with Gasteiger partial charge in [0.1, 0.15) is 5.57 Å². The molecule has 150 valence electrons. The highest BCUT2D eigenvalue weighted by Gasteiger charge is 2.35. The first kappa shape index (κ1) is 20.1. The fourth-order valence-electron chi connectivity index (χ4n) is 3.35. The lowest BCUT2D eigenvalue weighted by Crippen LogP contribution is -2.54. The van der Waals surface area contributed by atoms with E-state index in [1.165, 1.54) is 4.90 Å². The van der Waals surface area contributed by atoms with Crippen LogP contribution in [0.3, 0.4) is 0 Å². The van der Waals surface area contributed by atoms with Crippen molar-refractivity contribution < 1.29 is 9.59 Å². The second kappa shape index (κ2) is 7.89. The van der Waals surface area contributed by atoms with Crippen molar-refractivity contribution in [3.8, 4) is 5.69 Å². The van der Waals surface area contributed by atoms with Gasteiger partial charge in [-0.25, -0.2) is 0 Å². The van der Waals surface area contributed by atoms with Gasteiger partial charge in [-0.15, -0.1) is 0 Å². The molecule has 0 radical (unpaired) electrons. The molecule has 1 aromatic heterocycles. The molecule has 0 spiro atoms. The van der Waals surface area contributed by atoms with Gasteiger partial charge in [0.25, 0.3) is 11.8 Å². The van der Waals surface area contributed by atoms with Gasteiger partial charge in [-0.1, -0.05) is 23.7 Å². The third-order valence-electron chi connectivity index (χ3n) is 5.10. The summed E-state index contributed by atoms with van der Waals surface area (Å²) in [6, 6.07) is 16.6. The molecular weight excluding hydrogens is 418 g/mol. The van der Waals surface area contributed by atoms with Crippen LogP contribution in [0.4, 0.5) is 5.69 Å². The fraction of sp³-hybridized carbons (Fsp3) is 0.0870. The van der Waals surface area contributed by atoms with Crippen LogP contribution < -0.4 is 10.2 Å². The van der Waals surface area contributed by atoms with Gasteiger partial charge >= 0.3 is 0 Å². The van der Waals surface area contributed by atoms with Crippen LogP contribution in [0.15, 0.2) is 66.4 Å². The first-order valence-corrected chi connectivity index (χ1v) is 10.1. The van der Waals surface area contributed by atoms with Crippen LogP contribution in [-0.2, 0) is 9.59 Å². The molecule has 5 nitrogen and oxygen atoms in total. The number of hydrogen-bond donors (Lipinski definition) is 1. The van der Waals surface area contributed by atoms with Gasteiger partial charge in [-0.2, -0.15) is 0 Å². The molecule has 0 bridgehead atoms. The fourth-order valence-corrected chi connectivity index (χ4v) is 3.75. The quantitative estimate of drug-likeness (QED) is 0.372.